The Kier molecular flexibility index (Phi) is 5.62. The largest absolute Gasteiger partial charge is 0.497 e. The molecular weight excluding hydrogens is 352 g/mol. The van der Waals surface area contributed by atoms with Crippen LogP contribution in [-0.4, -0.2) is 41.5 Å². The van der Waals surface area contributed by atoms with E-state index in [1.807, 2.05) is 43.3 Å². The van der Waals surface area contributed by atoms with Crippen molar-refractivity contribution in [1.29, 1.82) is 0 Å². The number of nitrogens with zero attached hydrogens (tertiary/aromatic N) is 4. The van der Waals surface area contributed by atoms with Crippen LogP contribution in [0, 0.1) is 6.92 Å². The summed E-state index contributed by atoms with van der Waals surface area (Å²) in [7, 11) is 4.92. The van der Waals surface area contributed by atoms with E-state index in [-0.39, 0.29) is 0 Å². The Morgan fingerprint density at radius 2 is 1.73 bits per heavy atom. The molecule has 136 valence electrons. The molecule has 8 heteroatoms. The molecule has 0 unspecified atom stereocenters. The van der Waals surface area contributed by atoms with Crippen LogP contribution in [-0.2, 0) is 5.75 Å². The number of benzene rings is 2. The molecule has 1 aromatic heterocycles. The molecule has 0 spiro atoms. The minimum Gasteiger partial charge on any atom is -0.497 e. The van der Waals surface area contributed by atoms with Crippen LogP contribution in [0.3, 0.4) is 0 Å². The summed E-state index contributed by atoms with van der Waals surface area (Å²) in [5, 5.41) is 12.8. The second kappa shape index (κ2) is 8.09. The monoisotopic (exact) mass is 372 g/mol. The molecule has 3 aromatic rings. The fraction of sp³-hybridized carbons (Fsp3) is 0.278. The third-order valence-electron chi connectivity index (χ3n) is 3.85. The second-order valence-corrected chi connectivity index (χ2v) is 6.46. The van der Waals surface area contributed by atoms with Gasteiger partial charge in [0, 0.05) is 11.3 Å². The topological polar surface area (TPSA) is 71.3 Å². The lowest BCUT2D eigenvalue weighted by molar-refractivity contribution is 0.400. The van der Waals surface area contributed by atoms with E-state index in [0.717, 1.165) is 28.3 Å². The first-order valence-corrected chi connectivity index (χ1v) is 8.92. The maximum atomic E-state index is 5.45. The van der Waals surface area contributed by atoms with E-state index in [4.69, 9.17) is 14.2 Å². The van der Waals surface area contributed by atoms with Crippen LogP contribution >= 0.6 is 11.8 Å². The number of rotatable bonds is 7. The molecule has 7 nitrogen and oxygen atoms in total. The fourth-order valence-electron chi connectivity index (χ4n) is 2.52. The summed E-state index contributed by atoms with van der Waals surface area (Å²) in [5.41, 5.74) is 2.90. The number of aromatic nitrogens is 4. The van der Waals surface area contributed by atoms with Crippen LogP contribution in [0.25, 0.3) is 5.69 Å². The van der Waals surface area contributed by atoms with Gasteiger partial charge in [-0.15, -0.1) is 5.10 Å². The zero-order valence-electron chi connectivity index (χ0n) is 15.1. The van der Waals surface area contributed by atoms with E-state index in [1.165, 1.54) is 11.8 Å². The zero-order valence-corrected chi connectivity index (χ0v) is 15.9. The highest BCUT2D eigenvalue weighted by Crippen LogP contribution is 2.32. The summed E-state index contributed by atoms with van der Waals surface area (Å²) in [5.74, 6) is 2.92. The lowest BCUT2D eigenvalue weighted by atomic mass is 10.2. The number of aryl methyl sites for hydroxylation is 1. The zero-order chi connectivity index (χ0) is 18.5. The van der Waals surface area contributed by atoms with E-state index >= 15 is 0 Å². The Balaban J connectivity index is 1.88. The highest BCUT2D eigenvalue weighted by atomic mass is 32.2. The molecule has 0 saturated heterocycles. The first-order chi connectivity index (χ1) is 12.7. The van der Waals surface area contributed by atoms with Crippen LogP contribution in [0.5, 0.6) is 17.2 Å². The van der Waals surface area contributed by atoms with Gasteiger partial charge >= 0.3 is 0 Å². The first kappa shape index (κ1) is 18.1. The van der Waals surface area contributed by atoms with E-state index < -0.39 is 0 Å². The van der Waals surface area contributed by atoms with E-state index in [0.29, 0.717) is 16.7 Å². The van der Waals surface area contributed by atoms with Crippen LogP contribution in [0.1, 0.15) is 11.1 Å². The summed E-state index contributed by atoms with van der Waals surface area (Å²) >= 11 is 1.51. The fourth-order valence-corrected chi connectivity index (χ4v) is 3.38. The summed E-state index contributed by atoms with van der Waals surface area (Å²) in [6, 6.07) is 11.6. The van der Waals surface area contributed by atoms with Gasteiger partial charge in [0.2, 0.25) is 5.16 Å². The minimum atomic E-state index is 0.634. The Morgan fingerprint density at radius 3 is 2.46 bits per heavy atom. The summed E-state index contributed by atoms with van der Waals surface area (Å²) < 4.78 is 17.9. The highest BCUT2D eigenvalue weighted by Gasteiger charge is 2.15. The quantitative estimate of drug-likeness (QED) is 0.589. The molecule has 1 heterocycles. The average molecular weight is 372 g/mol. The molecule has 0 saturated carbocycles. The summed E-state index contributed by atoms with van der Waals surface area (Å²) in [4.78, 5) is 0. The second-order valence-electron chi connectivity index (χ2n) is 5.52. The normalized spacial score (nSPS) is 10.6. The lowest BCUT2D eigenvalue weighted by Crippen LogP contribution is -2.03. The van der Waals surface area contributed by atoms with Crippen molar-refractivity contribution < 1.29 is 14.2 Å². The Morgan fingerprint density at radius 1 is 0.962 bits per heavy atom. The number of hydrogen-bond donors (Lipinski definition) is 0. The summed E-state index contributed by atoms with van der Waals surface area (Å²) in [6.45, 7) is 2.02. The number of methoxy groups -OCH3 is 3. The number of thioether (sulfide) groups is 1. The SMILES string of the molecule is COc1ccc(OC)c(CSc2nnnn2-c2cc(C)ccc2OC)c1. The van der Waals surface area contributed by atoms with Crippen molar-refractivity contribution in [2.45, 2.75) is 17.8 Å². The molecule has 2 aromatic carbocycles. The number of tetrazole rings is 1. The van der Waals surface area contributed by atoms with Gasteiger partial charge in [-0.3, -0.25) is 0 Å². The van der Waals surface area contributed by atoms with Gasteiger partial charge in [0.1, 0.15) is 22.9 Å². The van der Waals surface area contributed by atoms with Crippen molar-refractivity contribution in [3.05, 3.63) is 47.5 Å². The molecule has 0 aliphatic rings. The van der Waals surface area contributed by atoms with Crippen molar-refractivity contribution >= 4 is 11.8 Å². The summed E-state index contributed by atoms with van der Waals surface area (Å²) in [6.07, 6.45) is 0. The van der Waals surface area contributed by atoms with Gasteiger partial charge in [-0.1, -0.05) is 17.8 Å². The van der Waals surface area contributed by atoms with Crippen molar-refractivity contribution in [2.75, 3.05) is 21.3 Å². The maximum absolute atomic E-state index is 5.45. The van der Waals surface area contributed by atoms with Gasteiger partial charge in [-0.05, 0) is 53.2 Å². The van der Waals surface area contributed by atoms with Crippen molar-refractivity contribution in [1.82, 2.24) is 20.2 Å². The first-order valence-electron chi connectivity index (χ1n) is 7.93. The van der Waals surface area contributed by atoms with Gasteiger partial charge in [0.15, 0.2) is 0 Å². The molecule has 0 atom stereocenters. The van der Waals surface area contributed by atoms with Crippen LogP contribution in [0.4, 0.5) is 0 Å². The van der Waals surface area contributed by atoms with E-state index in [1.54, 1.807) is 26.0 Å². The van der Waals surface area contributed by atoms with Gasteiger partial charge in [-0.25, -0.2) is 0 Å². The predicted molar refractivity (Wildman–Crippen MR) is 99.6 cm³/mol. The average Bonchev–Trinajstić information content (AvgIpc) is 3.14. The predicted octanol–water partition coefficient (Wildman–Crippen LogP) is 3.29. The molecule has 0 radical (unpaired) electrons. The molecule has 0 fully saturated rings. The minimum absolute atomic E-state index is 0.634. The maximum Gasteiger partial charge on any atom is 0.214 e. The van der Waals surface area contributed by atoms with Gasteiger partial charge in [0.05, 0.1) is 21.3 Å². The van der Waals surface area contributed by atoms with E-state index in [9.17, 15) is 0 Å². The molecule has 0 amide bonds. The third-order valence-corrected chi connectivity index (χ3v) is 4.82. The molecule has 0 N–H and O–H groups in total. The van der Waals surface area contributed by atoms with Crippen molar-refractivity contribution in [3.63, 3.8) is 0 Å². The molecule has 0 aliphatic heterocycles. The standard InChI is InChI=1S/C18H20N4O3S/c1-12-5-7-17(25-4)15(9-12)22-18(19-20-21-22)26-11-13-10-14(23-2)6-8-16(13)24-3/h5-10H,11H2,1-4H3. The number of hydrogen-bond acceptors (Lipinski definition) is 7. The molecule has 0 bridgehead atoms. The Labute approximate surface area is 156 Å². The molecule has 0 aliphatic carbocycles. The Bertz CT molecular complexity index is 898. The molecular formula is C18H20N4O3S. The third kappa shape index (κ3) is 3.75. The molecule has 3 rings (SSSR count). The van der Waals surface area contributed by atoms with Crippen molar-refractivity contribution in [2.24, 2.45) is 0 Å². The molecule has 26 heavy (non-hydrogen) atoms. The van der Waals surface area contributed by atoms with Crippen LogP contribution < -0.4 is 14.2 Å². The number of ether oxygens (including phenoxy) is 3. The van der Waals surface area contributed by atoms with Gasteiger partial charge in [0.25, 0.3) is 0 Å². The van der Waals surface area contributed by atoms with Gasteiger partial charge in [-0.2, -0.15) is 4.68 Å². The van der Waals surface area contributed by atoms with Crippen molar-refractivity contribution in [3.8, 4) is 22.9 Å². The smallest absolute Gasteiger partial charge is 0.214 e. The van der Waals surface area contributed by atoms with Crippen LogP contribution in [0.15, 0.2) is 41.6 Å². The van der Waals surface area contributed by atoms with Gasteiger partial charge < -0.3 is 14.2 Å². The highest BCUT2D eigenvalue weighted by molar-refractivity contribution is 7.98. The Hall–Kier alpha value is -2.74. The lowest BCUT2D eigenvalue weighted by Gasteiger charge is -2.12. The van der Waals surface area contributed by atoms with E-state index in [2.05, 4.69) is 15.5 Å². The van der Waals surface area contributed by atoms with Crippen LogP contribution in [0.2, 0.25) is 0 Å².